The summed E-state index contributed by atoms with van der Waals surface area (Å²) >= 11 is 0. The number of hydrogen-bond donors (Lipinski definition) is 1. The molecule has 8 nitrogen and oxygen atoms in total. The Labute approximate surface area is 210 Å². The quantitative estimate of drug-likeness (QED) is 0.569. The van der Waals surface area contributed by atoms with Crippen molar-refractivity contribution in [2.75, 3.05) is 26.8 Å². The lowest BCUT2D eigenvalue weighted by atomic mass is 10.0. The number of amides is 2. The lowest BCUT2D eigenvalue weighted by molar-refractivity contribution is -0.189. The molecular formula is C25H36F3N3O5. The van der Waals surface area contributed by atoms with Crippen LogP contribution in [-0.2, 0) is 20.8 Å². The number of carbonyl (C=O) groups is 2. The lowest BCUT2D eigenvalue weighted by Crippen LogP contribution is -2.54. The van der Waals surface area contributed by atoms with Crippen molar-refractivity contribution >= 4 is 12.0 Å². The van der Waals surface area contributed by atoms with Gasteiger partial charge in [0.2, 0.25) is 0 Å². The van der Waals surface area contributed by atoms with Crippen LogP contribution in [0.4, 0.5) is 18.0 Å². The Morgan fingerprint density at radius 2 is 1.81 bits per heavy atom. The van der Waals surface area contributed by atoms with E-state index in [4.69, 9.17) is 14.2 Å². The minimum Gasteiger partial charge on any atom is -0.497 e. The number of rotatable bonds is 8. The van der Waals surface area contributed by atoms with Crippen molar-refractivity contribution in [1.29, 1.82) is 0 Å². The highest BCUT2D eigenvalue weighted by atomic mass is 19.4. The average molecular weight is 516 g/mol. The van der Waals surface area contributed by atoms with E-state index in [1.165, 1.54) is 12.0 Å². The maximum atomic E-state index is 13.7. The van der Waals surface area contributed by atoms with E-state index in [2.05, 4.69) is 5.32 Å². The topological polar surface area (TPSA) is 80.3 Å². The molecule has 0 unspecified atom stereocenters. The summed E-state index contributed by atoms with van der Waals surface area (Å²) < 4.78 is 57.9. The van der Waals surface area contributed by atoms with Crippen LogP contribution in [0, 0.1) is 0 Å². The smallest absolute Gasteiger partial charge is 0.471 e. The molecule has 0 spiro atoms. The highest BCUT2D eigenvalue weighted by Crippen LogP contribution is 2.34. The minimum atomic E-state index is -5.07. The van der Waals surface area contributed by atoms with Gasteiger partial charge in [-0.2, -0.15) is 13.2 Å². The summed E-state index contributed by atoms with van der Waals surface area (Å²) in [4.78, 5) is 27.9. The standard InChI is InChI=1S/C25H36F3N3O5/c1-16(2)36-24(33)31-17(3)13-21(22(31)15-35-20-9-11-29-12-10-20)30(23(32)25(26,27)28)14-18-5-7-19(34-4)8-6-18/h5-8,16-17,20-22,29H,9-15H2,1-4H3/t17-,21+,22+/m1/s1. The normalized spacial score (nSPS) is 23.1. The molecule has 2 saturated heterocycles. The fourth-order valence-corrected chi connectivity index (χ4v) is 4.86. The number of methoxy groups -OCH3 is 1. The molecule has 3 rings (SSSR count). The maximum Gasteiger partial charge on any atom is 0.471 e. The van der Waals surface area contributed by atoms with Gasteiger partial charge in [0.25, 0.3) is 0 Å². The number of ether oxygens (including phenoxy) is 3. The zero-order valence-corrected chi connectivity index (χ0v) is 21.2. The van der Waals surface area contributed by atoms with Crippen LogP contribution in [0.15, 0.2) is 24.3 Å². The Kier molecular flexibility index (Phi) is 9.46. The van der Waals surface area contributed by atoms with Gasteiger partial charge in [-0.1, -0.05) is 12.1 Å². The molecule has 2 heterocycles. The molecule has 0 saturated carbocycles. The van der Waals surface area contributed by atoms with E-state index >= 15 is 0 Å². The molecule has 0 bridgehead atoms. The van der Waals surface area contributed by atoms with Crippen molar-refractivity contribution in [3.8, 4) is 5.75 Å². The predicted octanol–water partition coefficient (Wildman–Crippen LogP) is 3.73. The van der Waals surface area contributed by atoms with E-state index in [1.54, 1.807) is 45.0 Å². The molecule has 2 aliphatic heterocycles. The van der Waals surface area contributed by atoms with Crippen molar-refractivity contribution in [1.82, 2.24) is 15.1 Å². The maximum absolute atomic E-state index is 13.7. The van der Waals surface area contributed by atoms with Gasteiger partial charge in [0.1, 0.15) is 5.75 Å². The summed E-state index contributed by atoms with van der Waals surface area (Å²) in [5.41, 5.74) is 0.516. The van der Waals surface area contributed by atoms with E-state index in [0.29, 0.717) is 11.3 Å². The number of nitrogens with one attached hydrogen (secondary N) is 1. The number of likely N-dealkylation sites (tertiary alicyclic amines) is 1. The third-order valence-corrected chi connectivity index (χ3v) is 6.61. The number of hydrogen-bond acceptors (Lipinski definition) is 6. The first kappa shape index (κ1) is 28.0. The van der Waals surface area contributed by atoms with E-state index in [9.17, 15) is 22.8 Å². The number of carbonyl (C=O) groups excluding carboxylic acids is 2. The largest absolute Gasteiger partial charge is 0.497 e. The van der Waals surface area contributed by atoms with Gasteiger partial charge in [0.05, 0.1) is 38.0 Å². The second-order valence-electron chi connectivity index (χ2n) is 9.62. The fraction of sp³-hybridized carbons (Fsp3) is 0.680. The van der Waals surface area contributed by atoms with Crippen molar-refractivity contribution in [3.63, 3.8) is 0 Å². The Morgan fingerprint density at radius 1 is 1.17 bits per heavy atom. The molecule has 1 aromatic carbocycles. The number of piperidine rings is 1. The van der Waals surface area contributed by atoms with Crippen LogP contribution in [0.3, 0.4) is 0 Å². The first-order valence-electron chi connectivity index (χ1n) is 12.3. The molecule has 0 aliphatic carbocycles. The summed E-state index contributed by atoms with van der Waals surface area (Å²) in [6.07, 6.45) is -4.46. The molecule has 2 amide bonds. The Bertz CT molecular complexity index is 875. The van der Waals surface area contributed by atoms with Gasteiger partial charge in [0.15, 0.2) is 0 Å². The molecule has 3 atom stereocenters. The zero-order chi connectivity index (χ0) is 26.5. The molecular weight excluding hydrogens is 479 g/mol. The second-order valence-corrected chi connectivity index (χ2v) is 9.62. The molecule has 36 heavy (non-hydrogen) atoms. The van der Waals surface area contributed by atoms with Gasteiger partial charge in [-0.15, -0.1) is 0 Å². The minimum absolute atomic E-state index is 0.0110. The molecule has 1 aromatic rings. The number of nitrogens with zero attached hydrogens (tertiary/aromatic N) is 2. The van der Waals surface area contributed by atoms with E-state index in [1.807, 2.05) is 0 Å². The van der Waals surface area contributed by atoms with Crippen molar-refractivity contribution in [3.05, 3.63) is 29.8 Å². The first-order chi connectivity index (χ1) is 17.0. The van der Waals surface area contributed by atoms with E-state index < -0.39 is 42.4 Å². The molecule has 0 aromatic heterocycles. The first-order valence-corrected chi connectivity index (χ1v) is 12.3. The zero-order valence-electron chi connectivity index (χ0n) is 21.2. The van der Waals surface area contributed by atoms with Crippen LogP contribution in [0.25, 0.3) is 0 Å². The van der Waals surface area contributed by atoms with Crippen LogP contribution in [0.1, 0.15) is 45.6 Å². The lowest BCUT2D eigenvalue weighted by Gasteiger charge is -2.37. The Morgan fingerprint density at radius 3 is 2.36 bits per heavy atom. The number of halogens is 3. The summed E-state index contributed by atoms with van der Waals surface area (Å²) in [5.74, 6) is -1.39. The van der Waals surface area contributed by atoms with Crippen LogP contribution < -0.4 is 10.1 Å². The Hall–Kier alpha value is -2.53. The SMILES string of the molecule is COc1ccc(CN(C(=O)C(F)(F)F)[C@H]2C[C@@H](C)N(C(=O)OC(C)C)[C@H]2COC2CCNCC2)cc1. The summed E-state index contributed by atoms with van der Waals surface area (Å²) in [5, 5.41) is 3.24. The number of alkyl halides is 3. The molecule has 1 N–H and O–H groups in total. The third-order valence-electron chi connectivity index (χ3n) is 6.61. The van der Waals surface area contributed by atoms with Crippen molar-refractivity contribution < 1.29 is 37.0 Å². The molecule has 11 heteroatoms. The van der Waals surface area contributed by atoms with Crippen LogP contribution in [0.2, 0.25) is 0 Å². The number of benzene rings is 1. The monoisotopic (exact) mass is 515 g/mol. The van der Waals surface area contributed by atoms with Gasteiger partial charge < -0.3 is 24.4 Å². The second kappa shape index (κ2) is 12.1. The molecule has 202 valence electrons. The van der Waals surface area contributed by atoms with Crippen molar-refractivity contribution in [2.24, 2.45) is 0 Å². The van der Waals surface area contributed by atoms with Crippen LogP contribution in [0.5, 0.6) is 5.75 Å². The predicted molar refractivity (Wildman–Crippen MR) is 127 cm³/mol. The van der Waals surface area contributed by atoms with Crippen molar-refractivity contribution in [2.45, 2.75) is 83.1 Å². The average Bonchev–Trinajstić information content (AvgIpc) is 3.16. The molecule has 2 fully saturated rings. The fourth-order valence-electron chi connectivity index (χ4n) is 4.86. The third kappa shape index (κ3) is 7.03. The van der Waals surface area contributed by atoms with Crippen LogP contribution in [-0.4, -0.2) is 85.1 Å². The highest BCUT2D eigenvalue weighted by Gasteiger charge is 2.52. The van der Waals surface area contributed by atoms with Crippen LogP contribution >= 0.6 is 0 Å². The van der Waals surface area contributed by atoms with Gasteiger partial charge >= 0.3 is 18.2 Å². The highest BCUT2D eigenvalue weighted by molar-refractivity contribution is 5.82. The van der Waals surface area contributed by atoms with Gasteiger partial charge in [-0.25, -0.2) is 4.79 Å². The summed E-state index contributed by atoms with van der Waals surface area (Å²) in [7, 11) is 1.49. The molecule has 0 radical (unpaired) electrons. The van der Waals surface area contributed by atoms with E-state index in [0.717, 1.165) is 30.8 Å². The van der Waals surface area contributed by atoms with Gasteiger partial charge in [-0.3, -0.25) is 9.69 Å². The molecule has 2 aliphatic rings. The van der Waals surface area contributed by atoms with Gasteiger partial charge in [0, 0.05) is 12.6 Å². The summed E-state index contributed by atoms with van der Waals surface area (Å²) in [6, 6.07) is 4.38. The van der Waals surface area contributed by atoms with E-state index in [-0.39, 0.29) is 25.7 Å². The summed E-state index contributed by atoms with van der Waals surface area (Å²) in [6.45, 7) is 6.48. The Balaban J connectivity index is 1.92. The van der Waals surface area contributed by atoms with Gasteiger partial charge in [-0.05, 0) is 70.8 Å².